The normalized spacial score (nSPS) is 10.7. The number of carbonyl (C=O) groups excluding carboxylic acids is 1. The van der Waals surface area contributed by atoms with Crippen molar-refractivity contribution in [1.29, 1.82) is 0 Å². The van der Waals surface area contributed by atoms with Gasteiger partial charge in [0.05, 0.1) is 12.1 Å². The Morgan fingerprint density at radius 2 is 1.86 bits per heavy atom. The summed E-state index contributed by atoms with van der Waals surface area (Å²) in [7, 11) is 0. The van der Waals surface area contributed by atoms with Crippen molar-refractivity contribution in [3.63, 3.8) is 0 Å². The molecule has 0 bridgehead atoms. The van der Waals surface area contributed by atoms with Crippen LogP contribution in [0.3, 0.4) is 0 Å². The fraction of sp³-hybridized carbons (Fsp3) is 0.118. The lowest BCUT2D eigenvalue weighted by Gasteiger charge is -2.08. The second-order valence-electron chi connectivity index (χ2n) is 4.98. The van der Waals surface area contributed by atoms with E-state index in [1.165, 1.54) is 0 Å². The average molecular weight is 280 g/mol. The van der Waals surface area contributed by atoms with Gasteiger partial charge in [-0.15, -0.1) is 0 Å². The smallest absolute Gasteiger partial charge is 0.253 e. The van der Waals surface area contributed by atoms with Gasteiger partial charge in [-0.25, -0.2) is 0 Å². The van der Waals surface area contributed by atoms with Crippen LogP contribution >= 0.6 is 0 Å². The first-order chi connectivity index (χ1) is 10.1. The van der Waals surface area contributed by atoms with E-state index in [1.807, 2.05) is 55.5 Å². The number of aryl methyl sites for hydroxylation is 1. The van der Waals surface area contributed by atoms with E-state index in [9.17, 15) is 4.79 Å². The van der Waals surface area contributed by atoms with Gasteiger partial charge in [0, 0.05) is 5.69 Å². The number of benzene rings is 2. The summed E-state index contributed by atoms with van der Waals surface area (Å²) in [4.78, 5) is 12.3. The molecule has 3 rings (SSSR count). The Kier molecular flexibility index (Phi) is 3.36. The highest BCUT2D eigenvalue weighted by atomic mass is 16.3. The zero-order valence-corrected chi connectivity index (χ0v) is 11.7. The number of fused-ring (bicyclic) bond motifs is 1. The minimum Gasteiger partial charge on any atom is -0.465 e. The third-order valence-electron chi connectivity index (χ3n) is 3.38. The van der Waals surface area contributed by atoms with Crippen molar-refractivity contribution < 1.29 is 9.21 Å². The molecule has 1 heterocycles. The molecule has 0 fully saturated rings. The van der Waals surface area contributed by atoms with Crippen LogP contribution in [0.25, 0.3) is 10.8 Å². The van der Waals surface area contributed by atoms with E-state index < -0.39 is 0 Å². The number of nitrogen functional groups attached to an aromatic ring is 1. The number of nitrogens with two attached hydrogens (primary N) is 1. The maximum atomic E-state index is 12.3. The van der Waals surface area contributed by atoms with Gasteiger partial charge in [-0.1, -0.05) is 24.3 Å². The fourth-order valence-electron chi connectivity index (χ4n) is 2.30. The zero-order valence-electron chi connectivity index (χ0n) is 11.7. The Hall–Kier alpha value is -2.75. The maximum absolute atomic E-state index is 12.3. The quantitative estimate of drug-likeness (QED) is 0.724. The third kappa shape index (κ3) is 2.74. The molecule has 106 valence electrons. The highest BCUT2D eigenvalue weighted by Gasteiger charge is 2.11. The molecule has 0 unspecified atom stereocenters. The van der Waals surface area contributed by atoms with Crippen LogP contribution in [0.15, 0.2) is 52.9 Å². The van der Waals surface area contributed by atoms with E-state index in [0.29, 0.717) is 17.8 Å². The summed E-state index contributed by atoms with van der Waals surface area (Å²) in [5.41, 5.74) is 6.93. The van der Waals surface area contributed by atoms with E-state index >= 15 is 0 Å². The molecule has 0 radical (unpaired) electrons. The third-order valence-corrected chi connectivity index (χ3v) is 3.38. The van der Waals surface area contributed by atoms with Crippen LogP contribution in [0.4, 0.5) is 5.69 Å². The molecule has 0 atom stereocenters. The summed E-state index contributed by atoms with van der Waals surface area (Å²) in [6.07, 6.45) is 0. The average Bonchev–Trinajstić information content (AvgIpc) is 2.89. The van der Waals surface area contributed by atoms with Gasteiger partial charge in [0.15, 0.2) is 0 Å². The Labute approximate surface area is 122 Å². The van der Waals surface area contributed by atoms with Gasteiger partial charge in [-0.2, -0.15) is 0 Å². The summed E-state index contributed by atoms with van der Waals surface area (Å²) in [6, 6.07) is 15.2. The second kappa shape index (κ2) is 5.32. The Bertz CT molecular complexity index is 805. The van der Waals surface area contributed by atoms with Crippen molar-refractivity contribution >= 4 is 22.4 Å². The predicted molar refractivity (Wildman–Crippen MR) is 83.0 cm³/mol. The lowest BCUT2D eigenvalue weighted by atomic mass is 10.0. The van der Waals surface area contributed by atoms with Gasteiger partial charge in [0.1, 0.15) is 11.5 Å². The van der Waals surface area contributed by atoms with Crippen molar-refractivity contribution in [2.24, 2.45) is 0 Å². The highest BCUT2D eigenvalue weighted by Crippen LogP contribution is 2.22. The molecule has 0 aliphatic carbocycles. The molecule has 0 aliphatic rings. The molecule has 3 N–H and O–H groups in total. The summed E-state index contributed by atoms with van der Waals surface area (Å²) >= 11 is 0. The van der Waals surface area contributed by atoms with Crippen LogP contribution in [-0.4, -0.2) is 5.91 Å². The zero-order chi connectivity index (χ0) is 14.8. The molecule has 0 saturated heterocycles. The van der Waals surface area contributed by atoms with Crippen LogP contribution in [0.1, 0.15) is 21.9 Å². The van der Waals surface area contributed by atoms with Crippen molar-refractivity contribution in [3.8, 4) is 0 Å². The predicted octanol–water partition coefficient (Wildman–Crippen LogP) is 3.25. The summed E-state index contributed by atoms with van der Waals surface area (Å²) in [5, 5.41) is 4.83. The highest BCUT2D eigenvalue weighted by molar-refractivity contribution is 6.03. The number of hydrogen-bond donors (Lipinski definition) is 2. The van der Waals surface area contributed by atoms with Crippen LogP contribution < -0.4 is 11.1 Å². The lowest BCUT2D eigenvalue weighted by molar-refractivity contribution is 0.0949. The molecule has 1 amide bonds. The van der Waals surface area contributed by atoms with Crippen molar-refractivity contribution in [2.45, 2.75) is 13.5 Å². The van der Waals surface area contributed by atoms with E-state index in [4.69, 9.17) is 10.2 Å². The molecule has 21 heavy (non-hydrogen) atoms. The lowest BCUT2D eigenvalue weighted by Crippen LogP contribution is -2.23. The molecule has 4 heteroatoms. The Morgan fingerprint density at radius 3 is 2.52 bits per heavy atom. The van der Waals surface area contributed by atoms with Gasteiger partial charge < -0.3 is 15.5 Å². The van der Waals surface area contributed by atoms with Crippen molar-refractivity contribution in [2.75, 3.05) is 5.73 Å². The minimum absolute atomic E-state index is 0.202. The number of amides is 1. The molecular weight excluding hydrogens is 264 g/mol. The van der Waals surface area contributed by atoms with Crippen LogP contribution in [0.5, 0.6) is 0 Å². The molecule has 0 aliphatic heterocycles. The number of carbonyl (C=O) groups is 1. The van der Waals surface area contributed by atoms with Crippen molar-refractivity contribution in [3.05, 3.63) is 65.6 Å². The summed E-state index contributed by atoms with van der Waals surface area (Å²) in [5.74, 6) is 1.34. The van der Waals surface area contributed by atoms with Crippen molar-refractivity contribution in [1.82, 2.24) is 5.32 Å². The first-order valence-corrected chi connectivity index (χ1v) is 6.75. The molecule has 4 nitrogen and oxygen atoms in total. The standard InChI is InChI=1S/C17H16N2O2/c1-11-6-7-14(21-11)10-19-17(20)15-8-12-4-2-3-5-13(12)9-16(15)18/h2-9H,10,18H2,1H3,(H,19,20). The van der Waals surface area contributed by atoms with Gasteiger partial charge in [0.25, 0.3) is 5.91 Å². The van der Waals surface area contributed by atoms with E-state index in [-0.39, 0.29) is 5.91 Å². The van der Waals surface area contributed by atoms with E-state index in [0.717, 1.165) is 22.3 Å². The van der Waals surface area contributed by atoms with E-state index in [2.05, 4.69) is 5.32 Å². The SMILES string of the molecule is Cc1ccc(CNC(=O)c2cc3ccccc3cc2N)o1. The number of furan rings is 1. The summed E-state index contributed by atoms with van der Waals surface area (Å²) in [6.45, 7) is 2.21. The number of nitrogens with one attached hydrogen (secondary N) is 1. The van der Waals surface area contributed by atoms with Gasteiger partial charge in [-0.3, -0.25) is 4.79 Å². The molecular formula is C17H16N2O2. The van der Waals surface area contributed by atoms with E-state index in [1.54, 1.807) is 0 Å². The van der Waals surface area contributed by atoms with Gasteiger partial charge in [-0.05, 0) is 42.0 Å². The van der Waals surface area contributed by atoms with Crippen LogP contribution in [-0.2, 0) is 6.54 Å². The van der Waals surface area contributed by atoms with Gasteiger partial charge >= 0.3 is 0 Å². The largest absolute Gasteiger partial charge is 0.465 e. The molecule has 3 aromatic rings. The minimum atomic E-state index is -0.202. The molecule has 1 aromatic heterocycles. The topological polar surface area (TPSA) is 68.3 Å². The molecule has 0 saturated carbocycles. The fourth-order valence-corrected chi connectivity index (χ4v) is 2.30. The first-order valence-electron chi connectivity index (χ1n) is 6.75. The Morgan fingerprint density at radius 1 is 1.14 bits per heavy atom. The monoisotopic (exact) mass is 280 g/mol. The number of rotatable bonds is 3. The molecule has 2 aromatic carbocycles. The summed E-state index contributed by atoms with van der Waals surface area (Å²) < 4.78 is 5.42. The van der Waals surface area contributed by atoms with Crippen LogP contribution in [0.2, 0.25) is 0 Å². The second-order valence-corrected chi connectivity index (χ2v) is 4.98. The first kappa shape index (κ1) is 13.2. The molecule has 0 spiro atoms. The Balaban J connectivity index is 1.82. The van der Waals surface area contributed by atoms with Crippen LogP contribution in [0, 0.1) is 6.92 Å². The number of anilines is 1. The van der Waals surface area contributed by atoms with Gasteiger partial charge in [0.2, 0.25) is 0 Å². The number of hydrogen-bond acceptors (Lipinski definition) is 3. The maximum Gasteiger partial charge on any atom is 0.253 e.